The lowest BCUT2D eigenvalue weighted by Crippen LogP contribution is -2.09. The molecule has 0 fully saturated rings. The lowest BCUT2D eigenvalue weighted by atomic mass is 9.94. The van der Waals surface area contributed by atoms with Crippen molar-refractivity contribution in [2.45, 2.75) is 0 Å². The average Bonchev–Trinajstić information content (AvgIpc) is 1.88. The fourth-order valence-electron chi connectivity index (χ4n) is 13.5. The van der Waals surface area contributed by atoms with Crippen LogP contribution < -0.4 is 0 Å². The van der Waals surface area contributed by atoms with Crippen molar-refractivity contribution in [1.82, 2.24) is 23.7 Å². The van der Waals surface area contributed by atoms with Crippen LogP contribution in [0.4, 0.5) is 0 Å². The van der Waals surface area contributed by atoms with E-state index in [0.29, 0.717) is 0 Å². The van der Waals surface area contributed by atoms with Crippen molar-refractivity contribution in [3.05, 3.63) is 322 Å². The molecule has 0 aliphatic heterocycles. The van der Waals surface area contributed by atoms with Crippen LogP contribution in [0.3, 0.4) is 0 Å². The molecule has 0 saturated heterocycles. The third-order valence-electron chi connectivity index (χ3n) is 17.5. The second-order valence-electron chi connectivity index (χ2n) is 22.5. The first-order valence-corrected chi connectivity index (χ1v) is 29.7. The number of rotatable bonds is 10. The summed E-state index contributed by atoms with van der Waals surface area (Å²) >= 11 is 0. The Hall–Kier alpha value is -11.7. The highest BCUT2D eigenvalue weighted by Gasteiger charge is 2.28. The Labute approximate surface area is 503 Å². The molecule has 87 heavy (non-hydrogen) atoms. The summed E-state index contributed by atoms with van der Waals surface area (Å²) in [5, 5.41) is 7.01. The van der Waals surface area contributed by atoms with Gasteiger partial charge in [-0.3, -0.25) is 9.55 Å². The van der Waals surface area contributed by atoms with E-state index in [2.05, 4.69) is 323 Å². The van der Waals surface area contributed by atoms with Gasteiger partial charge in [0.25, 0.3) is 0 Å². The fourth-order valence-corrected chi connectivity index (χ4v) is 13.5. The lowest BCUT2D eigenvalue weighted by Gasteiger charge is -2.23. The predicted octanol–water partition coefficient (Wildman–Crippen LogP) is 21.4. The van der Waals surface area contributed by atoms with Crippen LogP contribution >= 0.6 is 0 Å². The quantitative estimate of drug-likeness (QED) is 0.137. The van der Waals surface area contributed by atoms with Crippen molar-refractivity contribution >= 4 is 65.4 Å². The Morgan fingerprint density at radius 3 is 1.05 bits per heavy atom. The Morgan fingerprint density at radius 2 is 0.598 bits per heavy atom. The van der Waals surface area contributed by atoms with Gasteiger partial charge in [0.15, 0.2) is 5.82 Å². The molecule has 5 heterocycles. The number of nitrogens with zero attached hydrogens (tertiary/aromatic N) is 5. The standard InChI is InChI=1S/C82H53N5/c1-5-21-54(22-6-1)59-38-44-77-68(49-59)69-50-60(55-23-7-2-8-24-55)39-45-78(69)86(77)81-72(64-29-13-14-30-65(64)73-33-19-20-48-83-73)53-74(58-36-42-63(43-37-58)85-75-34-17-15-31-66(75)67-32-16-18-35-76(67)85)84-82(81)87-79-46-40-61(56-25-9-3-10-26-56)51-70(79)71-52-62(41-47-80(71)87)57-27-11-4-12-28-57/h1-53H. The maximum Gasteiger partial charge on any atom is 0.163 e. The van der Waals surface area contributed by atoms with Gasteiger partial charge in [0, 0.05) is 60.9 Å². The molecular weight excluding hydrogens is 1050 g/mol. The fraction of sp³-hybridized carbons (Fsp3) is 0. The van der Waals surface area contributed by atoms with E-state index >= 15 is 0 Å². The topological polar surface area (TPSA) is 40.6 Å². The van der Waals surface area contributed by atoms with Gasteiger partial charge < -0.3 is 9.13 Å². The van der Waals surface area contributed by atoms with E-state index in [1.165, 1.54) is 21.8 Å². The molecule has 0 aliphatic carbocycles. The maximum absolute atomic E-state index is 6.15. The van der Waals surface area contributed by atoms with Crippen molar-refractivity contribution in [3.63, 3.8) is 0 Å². The number of pyridine rings is 2. The summed E-state index contributed by atoms with van der Waals surface area (Å²) in [6.45, 7) is 0. The van der Waals surface area contributed by atoms with E-state index < -0.39 is 0 Å². The van der Waals surface area contributed by atoms with Crippen LogP contribution in [0.5, 0.6) is 0 Å². The molecule has 0 saturated carbocycles. The van der Waals surface area contributed by atoms with Crippen LogP contribution in [0.15, 0.2) is 322 Å². The van der Waals surface area contributed by atoms with Gasteiger partial charge in [0.1, 0.15) is 0 Å². The molecule has 0 spiro atoms. The zero-order chi connectivity index (χ0) is 57.4. The van der Waals surface area contributed by atoms with Crippen LogP contribution in [0.25, 0.3) is 161 Å². The van der Waals surface area contributed by atoms with Gasteiger partial charge in [-0.1, -0.05) is 224 Å². The highest BCUT2D eigenvalue weighted by molar-refractivity contribution is 6.15. The zero-order valence-electron chi connectivity index (χ0n) is 47.3. The molecule has 0 aliphatic rings. The summed E-state index contributed by atoms with van der Waals surface area (Å²) < 4.78 is 7.33. The minimum atomic E-state index is 0.794. The van der Waals surface area contributed by atoms with E-state index in [1.54, 1.807) is 0 Å². The third kappa shape index (κ3) is 8.39. The van der Waals surface area contributed by atoms with Crippen molar-refractivity contribution in [2.75, 3.05) is 0 Å². The second-order valence-corrected chi connectivity index (χ2v) is 22.5. The van der Waals surface area contributed by atoms with E-state index in [0.717, 1.165) is 139 Å². The van der Waals surface area contributed by atoms with Crippen molar-refractivity contribution in [3.8, 4) is 95.3 Å². The number of fused-ring (bicyclic) bond motifs is 9. The Kier molecular flexibility index (Phi) is 11.8. The van der Waals surface area contributed by atoms with Crippen LogP contribution in [0, 0.1) is 0 Å². The van der Waals surface area contributed by atoms with Crippen molar-refractivity contribution in [1.29, 1.82) is 0 Å². The SMILES string of the molecule is c1ccc(-c2ccc3c(c2)c2cc(-c4ccccc4)ccc2n3-c2nc(-c3ccc(-n4c5ccccc5c5ccccc54)cc3)cc(-c3ccccc3-c3ccccn3)c2-n2c3ccc(-c4ccccc4)cc3c3cc(-c4ccccc4)ccc32)cc1. The zero-order valence-corrected chi connectivity index (χ0v) is 47.3. The molecular formula is C82H53N5. The van der Waals surface area contributed by atoms with Gasteiger partial charge in [0.05, 0.1) is 50.2 Å². The van der Waals surface area contributed by atoms with E-state index in [4.69, 9.17) is 9.97 Å². The molecule has 0 amide bonds. The van der Waals surface area contributed by atoms with Gasteiger partial charge in [-0.2, -0.15) is 0 Å². The molecule has 406 valence electrons. The maximum atomic E-state index is 6.15. The first-order valence-electron chi connectivity index (χ1n) is 29.7. The van der Waals surface area contributed by atoms with Gasteiger partial charge >= 0.3 is 0 Å². The summed E-state index contributed by atoms with van der Waals surface area (Å²) in [6.07, 6.45) is 1.89. The number of benzene rings is 12. The van der Waals surface area contributed by atoms with E-state index in [-0.39, 0.29) is 0 Å². The minimum Gasteiger partial charge on any atom is -0.309 e. The molecule has 0 N–H and O–H groups in total. The Balaban J connectivity index is 1.02. The van der Waals surface area contributed by atoms with Gasteiger partial charge in [-0.15, -0.1) is 0 Å². The molecule has 5 nitrogen and oxygen atoms in total. The first-order chi connectivity index (χ1) is 43.2. The summed E-state index contributed by atoms with van der Waals surface area (Å²) in [6, 6.07) is 115. The number of hydrogen-bond acceptors (Lipinski definition) is 2. The molecule has 5 heteroatoms. The van der Waals surface area contributed by atoms with Crippen LogP contribution in [-0.4, -0.2) is 23.7 Å². The van der Waals surface area contributed by atoms with Crippen molar-refractivity contribution in [2.24, 2.45) is 0 Å². The van der Waals surface area contributed by atoms with Crippen LogP contribution in [-0.2, 0) is 0 Å². The smallest absolute Gasteiger partial charge is 0.163 e. The van der Waals surface area contributed by atoms with Gasteiger partial charge in [-0.05, 0) is 141 Å². The molecule has 0 radical (unpaired) electrons. The monoisotopic (exact) mass is 1110 g/mol. The highest BCUT2D eigenvalue weighted by Crippen LogP contribution is 2.47. The van der Waals surface area contributed by atoms with Crippen LogP contribution in [0.2, 0.25) is 0 Å². The molecule has 17 aromatic rings. The number of aromatic nitrogens is 5. The molecule has 12 aromatic carbocycles. The molecule has 0 unspecified atom stereocenters. The van der Waals surface area contributed by atoms with Gasteiger partial charge in [0.2, 0.25) is 0 Å². The summed E-state index contributed by atoms with van der Waals surface area (Å²) in [7, 11) is 0. The predicted molar refractivity (Wildman–Crippen MR) is 363 cm³/mol. The summed E-state index contributed by atoms with van der Waals surface area (Å²) in [5.74, 6) is 0.794. The first kappa shape index (κ1) is 49.9. The van der Waals surface area contributed by atoms with Crippen LogP contribution in [0.1, 0.15) is 0 Å². The third-order valence-corrected chi connectivity index (χ3v) is 17.5. The summed E-state index contributed by atoms with van der Waals surface area (Å²) in [5.41, 5.74) is 23.6. The largest absolute Gasteiger partial charge is 0.309 e. The average molecular weight is 1110 g/mol. The normalized spacial score (nSPS) is 11.7. The highest BCUT2D eigenvalue weighted by atomic mass is 15.1. The minimum absolute atomic E-state index is 0.794. The lowest BCUT2D eigenvalue weighted by molar-refractivity contribution is 1.03. The summed E-state index contributed by atoms with van der Waals surface area (Å²) in [4.78, 5) is 11.2. The molecule has 0 atom stereocenters. The van der Waals surface area contributed by atoms with E-state index in [9.17, 15) is 0 Å². The molecule has 0 bridgehead atoms. The molecule has 17 rings (SSSR count). The number of para-hydroxylation sites is 2. The Bertz CT molecular complexity index is 5220. The Morgan fingerprint density at radius 1 is 0.218 bits per heavy atom. The van der Waals surface area contributed by atoms with Crippen molar-refractivity contribution < 1.29 is 0 Å². The van der Waals surface area contributed by atoms with Gasteiger partial charge in [-0.25, -0.2) is 4.98 Å². The number of hydrogen-bond donors (Lipinski definition) is 0. The van der Waals surface area contributed by atoms with E-state index in [1.807, 2.05) is 12.3 Å². The second kappa shape index (κ2) is 20.6. The molecule has 5 aromatic heterocycles.